The fourth-order valence-corrected chi connectivity index (χ4v) is 4.79. The second-order valence-corrected chi connectivity index (χ2v) is 6.39. The van der Waals surface area contributed by atoms with Crippen molar-refractivity contribution in [2.45, 2.75) is 24.0 Å². The van der Waals surface area contributed by atoms with Gasteiger partial charge in [-0.05, 0) is 45.2 Å². The van der Waals surface area contributed by atoms with Crippen molar-refractivity contribution in [2.75, 3.05) is 25.9 Å². The average molecular weight is 189 g/mol. The van der Waals surface area contributed by atoms with E-state index >= 15 is 0 Å². The van der Waals surface area contributed by atoms with Crippen LogP contribution in [0.1, 0.15) is 19.3 Å². The van der Waals surface area contributed by atoms with Gasteiger partial charge in [0.05, 0.1) is 0 Å². The maximum absolute atomic E-state index is 2.60. The number of fused-ring (bicyclic) bond motifs is 3. The summed E-state index contributed by atoms with van der Waals surface area (Å²) in [6.07, 6.45) is 6.50. The maximum atomic E-state index is 2.60. The predicted molar refractivity (Wildman–Crippen MR) is 54.1 cm³/mol. The lowest BCUT2D eigenvalue weighted by Gasteiger charge is -2.47. The molecule has 0 amide bonds. The van der Waals surface area contributed by atoms with Gasteiger partial charge in [0.1, 0.15) is 0 Å². The summed E-state index contributed by atoms with van der Waals surface area (Å²) < 4.78 is 0.675. The Labute approximate surface area is 76.7 Å². The van der Waals surface area contributed by atoms with Gasteiger partial charge in [0.15, 0.2) is 0 Å². The number of nitrogens with zero attached hydrogens (tertiary/aromatic N) is 1. The van der Waals surface area contributed by atoms with Gasteiger partial charge < -0.3 is 4.90 Å². The normalized spacial score (nSPS) is 42.8. The molecule has 0 aromatic carbocycles. The lowest BCUT2D eigenvalue weighted by atomic mass is 9.87. The summed E-state index contributed by atoms with van der Waals surface area (Å²) in [7, 11) is 4.08. The van der Waals surface area contributed by atoms with Crippen molar-refractivity contribution >= 4 is 21.6 Å². The van der Waals surface area contributed by atoms with Crippen molar-refractivity contribution < 1.29 is 0 Å². The number of rotatable bonds is 2. The summed E-state index contributed by atoms with van der Waals surface area (Å²) in [4.78, 5) is 2.60. The zero-order chi connectivity index (χ0) is 7.73. The Kier molecular flexibility index (Phi) is 2.40. The molecule has 0 N–H and O–H groups in total. The van der Waals surface area contributed by atoms with E-state index in [2.05, 4.69) is 21.9 Å². The molecule has 0 radical (unpaired) electrons. The van der Waals surface area contributed by atoms with Crippen LogP contribution < -0.4 is 0 Å². The van der Waals surface area contributed by atoms with Crippen LogP contribution in [0, 0.1) is 0 Å². The van der Waals surface area contributed by atoms with Crippen LogP contribution in [-0.2, 0) is 0 Å². The van der Waals surface area contributed by atoms with Crippen LogP contribution in [0.4, 0.5) is 0 Å². The third-order valence-electron chi connectivity index (χ3n) is 2.91. The lowest BCUT2D eigenvalue weighted by molar-refractivity contribution is 0.132. The van der Waals surface area contributed by atoms with Gasteiger partial charge in [-0.1, -0.05) is 21.6 Å². The summed E-state index contributed by atoms with van der Waals surface area (Å²) in [5.74, 6) is 0. The molecule has 0 atom stereocenters. The summed E-state index contributed by atoms with van der Waals surface area (Å²) in [6, 6.07) is 0. The minimum Gasteiger partial charge on any atom is -0.303 e. The first-order valence-electron chi connectivity index (χ1n) is 4.29. The van der Waals surface area contributed by atoms with Crippen molar-refractivity contribution in [3.8, 4) is 0 Å². The summed E-state index contributed by atoms with van der Waals surface area (Å²) in [5.41, 5.74) is 0. The van der Waals surface area contributed by atoms with Gasteiger partial charge in [-0.25, -0.2) is 0 Å². The minimum absolute atomic E-state index is 0.675. The van der Waals surface area contributed by atoms with E-state index in [-0.39, 0.29) is 0 Å². The average Bonchev–Trinajstić information content (AvgIpc) is 2.07. The van der Waals surface area contributed by atoms with Crippen molar-refractivity contribution in [2.24, 2.45) is 0 Å². The first kappa shape index (κ1) is 8.27. The zero-order valence-corrected chi connectivity index (χ0v) is 8.64. The molecule has 0 aliphatic carbocycles. The molecule has 3 saturated heterocycles. The second kappa shape index (κ2) is 3.19. The van der Waals surface area contributed by atoms with E-state index in [0.717, 1.165) is 0 Å². The molecule has 1 nitrogen and oxygen atoms in total. The Morgan fingerprint density at radius 3 is 2.09 bits per heavy atom. The Morgan fingerprint density at radius 1 is 1.09 bits per heavy atom. The zero-order valence-electron chi connectivity index (χ0n) is 7.01. The van der Waals surface area contributed by atoms with Gasteiger partial charge in [-0.3, -0.25) is 0 Å². The van der Waals surface area contributed by atoms with Gasteiger partial charge in [-0.2, -0.15) is 0 Å². The van der Waals surface area contributed by atoms with Crippen LogP contribution in [0.25, 0.3) is 0 Å². The van der Waals surface area contributed by atoms with E-state index in [1.54, 1.807) is 0 Å². The molecule has 64 valence electrons. The molecular formula is C8H15NS2. The molecule has 11 heavy (non-hydrogen) atoms. The molecule has 0 saturated carbocycles. The molecule has 0 aromatic heterocycles. The van der Waals surface area contributed by atoms with E-state index in [9.17, 15) is 0 Å². The molecule has 3 rings (SSSR count). The van der Waals surface area contributed by atoms with Crippen LogP contribution in [0.3, 0.4) is 0 Å². The molecule has 3 heterocycles. The van der Waals surface area contributed by atoms with Crippen molar-refractivity contribution in [3.05, 3.63) is 0 Å². The van der Waals surface area contributed by atoms with E-state index in [0.29, 0.717) is 4.75 Å². The SMILES string of the molecule is CSSC12CCN(CC1)CC2. The molecule has 3 fully saturated rings. The molecule has 0 aromatic rings. The van der Waals surface area contributed by atoms with Crippen molar-refractivity contribution in [1.82, 2.24) is 4.90 Å². The van der Waals surface area contributed by atoms with Crippen LogP contribution >= 0.6 is 21.6 Å². The van der Waals surface area contributed by atoms with E-state index < -0.39 is 0 Å². The molecule has 3 aliphatic rings. The topological polar surface area (TPSA) is 3.24 Å². The Bertz CT molecular complexity index is 121. The third kappa shape index (κ3) is 1.56. The number of hydrogen-bond donors (Lipinski definition) is 0. The smallest absolute Gasteiger partial charge is 0.0300 e. The molecule has 2 bridgehead atoms. The van der Waals surface area contributed by atoms with Crippen molar-refractivity contribution in [3.63, 3.8) is 0 Å². The Hall–Kier alpha value is 0.660. The Morgan fingerprint density at radius 2 is 1.64 bits per heavy atom. The van der Waals surface area contributed by atoms with Gasteiger partial charge in [0.25, 0.3) is 0 Å². The summed E-state index contributed by atoms with van der Waals surface area (Å²) >= 11 is 0. The summed E-state index contributed by atoms with van der Waals surface area (Å²) in [6.45, 7) is 4.06. The second-order valence-electron chi connectivity index (χ2n) is 3.52. The van der Waals surface area contributed by atoms with Gasteiger partial charge in [0.2, 0.25) is 0 Å². The monoisotopic (exact) mass is 189 g/mol. The lowest BCUT2D eigenvalue weighted by Crippen LogP contribution is -2.50. The highest BCUT2D eigenvalue weighted by atomic mass is 33.1. The highest BCUT2D eigenvalue weighted by Crippen LogP contribution is 2.47. The van der Waals surface area contributed by atoms with E-state index in [1.165, 1.54) is 38.9 Å². The highest BCUT2D eigenvalue weighted by molar-refractivity contribution is 8.77. The number of hydrogen-bond acceptors (Lipinski definition) is 3. The molecule has 0 unspecified atom stereocenters. The number of piperidine rings is 3. The largest absolute Gasteiger partial charge is 0.303 e. The van der Waals surface area contributed by atoms with Crippen LogP contribution in [0.5, 0.6) is 0 Å². The van der Waals surface area contributed by atoms with Crippen LogP contribution in [0.15, 0.2) is 0 Å². The molecule has 3 heteroatoms. The van der Waals surface area contributed by atoms with Crippen LogP contribution in [0.2, 0.25) is 0 Å². The third-order valence-corrected chi connectivity index (χ3v) is 5.60. The highest BCUT2D eigenvalue weighted by Gasteiger charge is 2.39. The quantitative estimate of drug-likeness (QED) is 0.613. The fourth-order valence-electron chi connectivity index (χ4n) is 2.10. The van der Waals surface area contributed by atoms with Gasteiger partial charge in [-0.15, -0.1) is 0 Å². The van der Waals surface area contributed by atoms with Gasteiger partial charge >= 0.3 is 0 Å². The molecule has 3 aliphatic heterocycles. The van der Waals surface area contributed by atoms with Gasteiger partial charge in [0, 0.05) is 4.75 Å². The van der Waals surface area contributed by atoms with Crippen LogP contribution in [-0.4, -0.2) is 35.5 Å². The first-order valence-corrected chi connectivity index (χ1v) is 6.85. The summed E-state index contributed by atoms with van der Waals surface area (Å²) in [5, 5.41) is 0. The predicted octanol–water partition coefficient (Wildman–Crippen LogP) is 2.24. The van der Waals surface area contributed by atoms with E-state index in [1.807, 2.05) is 10.8 Å². The maximum Gasteiger partial charge on any atom is 0.0300 e. The fraction of sp³-hybridized carbons (Fsp3) is 1.00. The molecular weight excluding hydrogens is 174 g/mol. The Balaban J connectivity index is 2.00. The first-order chi connectivity index (χ1) is 5.35. The minimum atomic E-state index is 0.675. The molecule has 0 spiro atoms. The van der Waals surface area contributed by atoms with Crippen molar-refractivity contribution in [1.29, 1.82) is 0 Å². The standard InChI is InChI=1S/C8H15NS2/c1-10-11-8-2-5-9(6-3-8)7-4-8/h2-7H2,1H3. The van der Waals surface area contributed by atoms with E-state index in [4.69, 9.17) is 0 Å².